The van der Waals surface area contributed by atoms with Gasteiger partial charge in [-0.1, -0.05) is 136 Å². The molecule has 3 heterocycles. The van der Waals surface area contributed by atoms with Crippen molar-refractivity contribution in [2.45, 2.75) is 234 Å². The van der Waals surface area contributed by atoms with Gasteiger partial charge >= 0.3 is 0 Å². The first kappa shape index (κ1) is 68.0. The number of hydrogen-bond donors (Lipinski definition) is 12. The van der Waals surface area contributed by atoms with E-state index in [1.807, 2.05) is 13.0 Å². The van der Waals surface area contributed by atoms with Gasteiger partial charge in [0, 0.05) is 6.42 Å². The van der Waals surface area contributed by atoms with Gasteiger partial charge < -0.3 is 89.9 Å². The fraction of sp³-hybridized carbons (Fsp3) is 0.707. The number of amides is 1. The summed E-state index contributed by atoms with van der Waals surface area (Å²) in [4.78, 5) is 13.3. The number of rotatable bonds is 38. The molecule has 17 atom stereocenters. The Labute approximate surface area is 456 Å². The highest BCUT2D eigenvalue weighted by atomic mass is 16.8. The highest BCUT2D eigenvalue weighted by molar-refractivity contribution is 5.76. The van der Waals surface area contributed by atoms with Crippen molar-refractivity contribution in [3.63, 3.8) is 0 Å². The maximum atomic E-state index is 13.3. The Balaban J connectivity index is 1.48. The minimum atomic E-state index is -1.99. The van der Waals surface area contributed by atoms with Gasteiger partial charge in [-0.05, 0) is 84.0 Å². The second kappa shape index (κ2) is 40.8. The molecule has 3 saturated heterocycles. The van der Waals surface area contributed by atoms with E-state index >= 15 is 0 Å². The summed E-state index contributed by atoms with van der Waals surface area (Å²) >= 11 is 0. The summed E-state index contributed by atoms with van der Waals surface area (Å²) in [7, 11) is 0. The molecule has 3 fully saturated rings. The van der Waals surface area contributed by atoms with Crippen molar-refractivity contribution < 1.29 is 89.4 Å². The average molecular weight is 1090 g/mol. The van der Waals surface area contributed by atoms with Gasteiger partial charge in [-0.15, -0.1) is 0 Å². The number of aliphatic hydroxyl groups excluding tert-OH is 11. The van der Waals surface area contributed by atoms with Crippen LogP contribution in [0.4, 0.5) is 0 Å². The highest BCUT2D eigenvalue weighted by Crippen LogP contribution is 2.33. The molecule has 0 spiro atoms. The Morgan fingerprint density at radius 1 is 0.494 bits per heavy atom. The van der Waals surface area contributed by atoms with Crippen LogP contribution in [0.5, 0.6) is 0 Å². The molecule has 0 radical (unpaired) electrons. The predicted molar refractivity (Wildman–Crippen MR) is 290 cm³/mol. The van der Waals surface area contributed by atoms with Crippen molar-refractivity contribution in [3.05, 3.63) is 97.2 Å². The maximum Gasteiger partial charge on any atom is 0.220 e. The second-order valence-corrected chi connectivity index (χ2v) is 19.7. The van der Waals surface area contributed by atoms with E-state index in [2.05, 4.69) is 91.2 Å². The van der Waals surface area contributed by atoms with Crippen LogP contribution in [-0.4, -0.2) is 193 Å². The van der Waals surface area contributed by atoms with Gasteiger partial charge in [-0.25, -0.2) is 0 Å². The smallest absolute Gasteiger partial charge is 0.220 e. The van der Waals surface area contributed by atoms with E-state index in [1.165, 1.54) is 0 Å². The van der Waals surface area contributed by atoms with Crippen molar-refractivity contribution >= 4 is 5.91 Å². The lowest BCUT2D eigenvalue weighted by atomic mass is 9.96. The number of allylic oxidation sites excluding steroid dienone is 15. The van der Waals surface area contributed by atoms with Crippen molar-refractivity contribution in [2.75, 3.05) is 26.4 Å². The van der Waals surface area contributed by atoms with Crippen LogP contribution in [-0.2, 0) is 33.2 Å². The molecule has 440 valence electrons. The zero-order valence-corrected chi connectivity index (χ0v) is 45.4. The number of unbranched alkanes of at least 4 members (excludes halogenated alkanes) is 9. The molecular weight excluding hydrogens is 999 g/mol. The van der Waals surface area contributed by atoms with Gasteiger partial charge in [0.2, 0.25) is 5.91 Å². The summed E-state index contributed by atoms with van der Waals surface area (Å²) in [6.45, 7) is 1.28. The molecule has 17 unspecified atom stereocenters. The molecule has 19 heteroatoms. The van der Waals surface area contributed by atoms with Crippen molar-refractivity contribution in [1.82, 2.24) is 5.32 Å². The third-order valence-corrected chi connectivity index (χ3v) is 13.4. The second-order valence-electron chi connectivity index (χ2n) is 19.7. The summed E-state index contributed by atoms with van der Waals surface area (Å²) in [6.07, 6.45) is 22.9. The number of carbonyl (C=O) groups is 1. The van der Waals surface area contributed by atoms with E-state index in [0.717, 1.165) is 96.3 Å². The molecule has 0 bridgehead atoms. The van der Waals surface area contributed by atoms with Crippen LogP contribution in [0.15, 0.2) is 97.2 Å². The molecular formula is C58H95NO18. The van der Waals surface area contributed by atoms with E-state index in [-0.39, 0.29) is 18.9 Å². The molecule has 0 aromatic heterocycles. The minimum Gasteiger partial charge on any atom is -0.394 e. The zero-order chi connectivity index (χ0) is 56.2. The Morgan fingerprint density at radius 3 is 1.45 bits per heavy atom. The lowest BCUT2D eigenvalue weighted by Gasteiger charge is -2.48. The summed E-state index contributed by atoms with van der Waals surface area (Å²) in [5.41, 5.74) is 0. The molecule has 0 aliphatic carbocycles. The summed E-state index contributed by atoms with van der Waals surface area (Å²) in [5, 5.41) is 120. The lowest BCUT2D eigenvalue weighted by Crippen LogP contribution is -2.66. The average Bonchev–Trinajstić information content (AvgIpc) is 3.43. The number of ether oxygens (including phenoxy) is 6. The van der Waals surface area contributed by atoms with Crippen LogP contribution >= 0.6 is 0 Å². The first-order valence-corrected chi connectivity index (χ1v) is 28.0. The first-order valence-electron chi connectivity index (χ1n) is 28.0. The molecule has 12 N–H and O–H groups in total. The fourth-order valence-corrected chi connectivity index (χ4v) is 8.84. The Bertz CT molecular complexity index is 1780. The van der Waals surface area contributed by atoms with Crippen molar-refractivity contribution in [2.24, 2.45) is 0 Å². The van der Waals surface area contributed by atoms with Gasteiger partial charge in [-0.3, -0.25) is 4.79 Å². The largest absolute Gasteiger partial charge is 0.394 e. The number of aliphatic hydroxyl groups is 11. The molecule has 19 nitrogen and oxygen atoms in total. The minimum absolute atomic E-state index is 0.212. The zero-order valence-electron chi connectivity index (χ0n) is 45.4. The van der Waals surface area contributed by atoms with E-state index in [9.17, 15) is 61.0 Å². The van der Waals surface area contributed by atoms with E-state index in [1.54, 1.807) is 12.2 Å². The molecule has 3 aliphatic rings. The Hall–Kier alpha value is -3.29. The third-order valence-electron chi connectivity index (χ3n) is 13.4. The van der Waals surface area contributed by atoms with Crippen LogP contribution in [0.1, 0.15) is 129 Å². The molecule has 3 aliphatic heterocycles. The van der Waals surface area contributed by atoms with Crippen LogP contribution < -0.4 is 5.32 Å². The quantitative estimate of drug-likeness (QED) is 0.0309. The van der Waals surface area contributed by atoms with Gasteiger partial charge in [0.15, 0.2) is 18.9 Å². The number of hydrogen-bond acceptors (Lipinski definition) is 18. The summed E-state index contributed by atoms with van der Waals surface area (Å²) in [5.74, 6) is -0.311. The maximum absolute atomic E-state index is 13.3. The molecule has 0 aromatic carbocycles. The first-order chi connectivity index (χ1) is 37.3. The molecule has 0 aromatic rings. The Kier molecular flexibility index (Phi) is 36.0. The topological polar surface area (TPSA) is 307 Å². The van der Waals surface area contributed by atoms with Crippen LogP contribution in [0.2, 0.25) is 0 Å². The number of nitrogens with one attached hydrogen (secondary N) is 1. The summed E-state index contributed by atoms with van der Waals surface area (Å²) in [6, 6.07) is -1.01. The standard InChI is InChI=1S/C58H95NO18/c1-3-5-7-9-11-13-14-15-16-17-18-19-20-21-22-23-24-25-26-28-30-32-34-36-46(64)59-41(42(63)35-33-31-29-27-12-10-8-6-4-2)40-72-56-52(70)49(67)54(44(38-61)74-56)77-58-53(71)50(68)55(45(39-62)75-58)76-57-51(69)48(66)47(65)43(37-60)73-57/h4-7,11-13,15-16,18-19,21-22,27,33,35,41-45,47-58,60-63,65-71H,3,8-10,14,17,20,23-26,28-32,34,36-40H2,1-2H3,(H,59,64)/b6-4+,7-5-,13-11-,16-15-,19-18-,22-21-,27-12+,35-33+. The predicted octanol–water partition coefficient (Wildman–Crippen LogP) is 3.81. The lowest BCUT2D eigenvalue weighted by molar-refractivity contribution is -0.379. The SMILES string of the molecule is C/C=C/CC/C=C/CC/C=C/C(O)C(COC1OC(CO)C(OC2OC(CO)C(OC3OC(CO)C(O)C(O)C3O)C(O)C2O)C(O)C1O)NC(=O)CCCCCCCCC/C=C\C/C=C\C/C=C\C/C=C\C/C=C\CC. The fourth-order valence-electron chi connectivity index (χ4n) is 8.84. The Morgan fingerprint density at radius 2 is 0.922 bits per heavy atom. The molecule has 1 amide bonds. The van der Waals surface area contributed by atoms with Crippen molar-refractivity contribution in [3.8, 4) is 0 Å². The van der Waals surface area contributed by atoms with Crippen LogP contribution in [0, 0.1) is 0 Å². The highest BCUT2D eigenvalue weighted by Gasteiger charge is 2.53. The summed E-state index contributed by atoms with van der Waals surface area (Å²) < 4.78 is 34.1. The van der Waals surface area contributed by atoms with Crippen LogP contribution in [0.3, 0.4) is 0 Å². The monoisotopic (exact) mass is 1090 g/mol. The number of carbonyl (C=O) groups excluding carboxylic acids is 1. The third kappa shape index (κ3) is 25.4. The van der Waals surface area contributed by atoms with E-state index < -0.39 is 124 Å². The van der Waals surface area contributed by atoms with Gasteiger partial charge in [0.25, 0.3) is 0 Å². The van der Waals surface area contributed by atoms with Gasteiger partial charge in [-0.2, -0.15) is 0 Å². The molecule has 77 heavy (non-hydrogen) atoms. The van der Waals surface area contributed by atoms with Gasteiger partial charge in [0.05, 0.1) is 38.6 Å². The normalized spacial score (nSPS) is 31.5. The van der Waals surface area contributed by atoms with Crippen molar-refractivity contribution in [1.29, 1.82) is 0 Å². The van der Waals surface area contributed by atoms with Gasteiger partial charge in [0.1, 0.15) is 73.2 Å². The molecule has 0 saturated carbocycles. The van der Waals surface area contributed by atoms with E-state index in [4.69, 9.17) is 28.4 Å². The van der Waals surface area contributed by atoms with E-state index in [0.29, 0.717) is 12.8 Å². The molecule has 3 rings (SSSR count). The van der Waals surface area contributed by atoms with Crippen LogP contribution in [0.25, 0.3) is 0 Å².